The van der Waals surface area contributed by atoms with E-state index in [1.165, 1.54) is 0 Å². The van der Waals surface area contributed by atoms with Crippen molar-refractivity contribution in [3.8, 4) is 5.75 Å². The highest BCUT2D eigenvalue weighted by Crippen LogP contribution is 2.22. The topological polar surface area (TPSA) is 47.3 Å². The number of hydrogen-bond donors (Lipinski definition) is 2. The Morgan fingerprint density at radius 2 is 2.24 bits per heavy atom. The van der Waals surface area contributed by atoms with Gasteiger partial charge in [-0.3, -0.25) is 0 Å². The van der Waals surface area contributed by atoms with Crippen LogP contribution in [0, 0.1) is 5.92 Å². The maximum atomic E-state index is 6.15. The summed E-state index contributed by atoms with van der Waals surface area (Å²) in [6.07, 6.45) is 1.10. The highest BCUT2D eigenvalue weighted by atomic mass is 35.5. The van der Waals surface area contributed by atoms with Gasteiger partial charge in [0, 0.05) is 11.6 Å². The molecule has 0 amide bonds. The molecule has 0 saturated carbocycles. The van der Waals surface area contributed by atoms with Crippen molar-refractivity contribution in [2.24, 2.45) is 11.7 Å². The molecule has 0 bridgehead atoms. The molecule has 1 aromatic rings. The molecule has 0 aromatic heterocycles. The fourth-order valence-corrected chi connectivity index (χ4v) is 1.84. The average Bonchev–Trinajstić information content (AvgIpc) is 2.36. The number of halogens is 1. The third-order valence-corrected chi connectivity index (χ3v) is 3.27. The van der Waals surface area contributed by atoms with E-state index in [0.29, 0.717) is 5.92 Å². The van der Waals surface area contributed by atoms with Crippen LogP contribution in [0.2, 0.25) is 5.02 Å². The van der Waals surface area contributed by atoms with Crippen molar-refractivity contribution >= 4 is 11.6 Å². The average molecular weight is 257 g/mol. The number of hydrogen-bond acceptors (Lipinski definition) is 3. The van der Waals surface area contributed by atoms with Crippen molar-refractivity contribution in [3.05, 3.63) is 28.8 Å². The van der Waals surface area contributed by atoms with Gasteiger partial charge in [0.05, 0.1) is 7.11 Å². The summed E-state index contributed by atoms with van der Waals surface area (Å²) in [5, 5.41) is 4.11. The molecule has 96 valence electrons. The normalized spacial score (nSPS) is 12.5. The van der Waals surface area contributed by atoms with E-state index in [-0.39, 0.29) is 0 Å². The fraction of sp³-hybridized carbons (Fsp3) is 0.538. The van der Waals surface area contributed by atoms with Gasteiger partial charge >= 0.3 is 0 Å². The molecule has 0 saturated heterocycles. The van der Waals surface area contributed by atoms with Gasteiger partial charge in [-0.25, -0.2) is 0 Å². The summed E-state index contributed by atoms with van der Waals surface area (Å²) in [4.78, 5) is 0. The van der Waals surface area contributed by atoms with Gasteiger partial charge in [-0.05, 0) is 36.7 Å². The minimum absolute atomic E-state index is 0.534. The van der Waals surface area contributed by atoms with Gasteiger partial charge in [-0.1, -0.05) is 31.0 Å². The van der Waals surface area contributed by atoms with E-state index >= 15 is 0 Å². The smallest absolute Gasteiger partial charge is 0.120 e. The molecule has 0 aliphatic carbocycles. The van der Waals surface area contributed by atoms with Gasteiger partial charge in [0.15, 0.2) is 0 Å². The summed E-state index contributed by atoms with van der Waals surface area (Å²) in [6, 6.07) is 5.74. The first-order valence-electron chi connectivity index (χ1n) is 5.94. The molecule has 0 aliphatic heterocycles. The second-order valence-corrected chi connectivity index (χ2v) is 4.51. The van der Waals surface area contributed by atoms with E-state index in [4.69, 9.17) is 22.1 Å². The van der Waals surface area contributed by atoms with Crippen molar-refractivity contribution in [1.82, 2.24) is 5.32 Å². The summed E-state index contributed by atoms with van der Waals surface area (Å²) in [7, 11) is 1.64. The Hall–Kier alpha value is -0.770. The molecule has 0 radical (unpaired) electrons. The lowest BCUT2D eigenvalue weighted by molar-refractivity contribution is 0.414. The van der Waals surface area contributed by atoms with E-state index in [9.17, 15) is 0 Å². The monoisotopic (exact) mass is 256 g/mol. The van der Waals surface area contributed by atoms with Gasteiger partial charge in [0.1, 0.15) is 5.75 Å². The van der Waals surface area contributed by atoms with Gasteiger partial charge in [0.2, 0.25) is 0 Å². The van der Waals surface area contributed by atoms with Crippen LogP contribution in [0.25, 0.3) is 0 Å². The van der Waals surface area contributed by atoms with E-state index < -0.39 is 0 Å². The van der Waals surface area contributed by atoms with Crippen molar-refractivity contribution in [1.29, 1.82) is 0 Å². The fourth-order valence-electron chi connectivity index (χ4n) is 1.60. The summed E-state index contributed by atoms with van der Waals surface area (Å²) in [5.74, 6) is 1.32. The van der Waals surface area contributed by atoms with Gasteiger partial charge in [-0.15, -0.1) is 0 Å². The van der Waals surface area contributed by atoms with Crippen LogP contribution in [0.1, 0.15) is 18.9 Å². The highest BCUT2D eigenvalue weighted by molar-refractivity contribution is 6.31. The lowest BCUT2D eigenvalue weighted by Gasteiger charge is -2.14. The van der Waals surface area contributed by atoms with Gasteiger partial charge < -0.3 is 15.8 Å². The quantitative estimate of drug-likeness (QED) is 0.788. The molecule has 3 nitrogen and oxygen atoms in total. The second-order valence-electron chi connectivity index (χ2n) is 4.10. The van der Waals surface area contributed by atoms with Crippen molar-refractivity contribution < 1.29 is 4.74 Å². The minimum Gasteiger partial charge on any atom is -0.497 e. The Kier molecular flexibility index (Phi) is 6.34. The molecule has 0 fully saturated rings. The molecule has 0 aliphatic rings. The summed E-state index contributed by atoms with van der Waals surface area (Å²) in [5.41, 5.74) is 6.73. The number of ether oxygens (including phenoxy) is 1. The zero-order chi connectivity index (χ0) is 12.7. The Labute approximate surface area is 108 Å². The molecular formula is C13H21ClN2O. The van der Waals surface area contributed by atoms with Gasteiger partial charge in [0.25, 0.3) is 0 Å². The van der Waals surface area contributed by atoms with Crippen molar-refractivity contribution in [2.45, 2.75) is 19.9 Å². The van der Waals surface area contributed by atoms with Crippen LogP contribution in [-0.4, -0.2) is 20.2 Å². The number of nitrogens with two attached hydrogens (primary N) is 1. The van der Waals surface area contributed by atoms with Crippen LogP contribution in [0.15, 0.2) is 18.2 Å². The zero-order valence-electron chi connectivity index (χ0n) is 10.5. The van der Waals surface area contributed by atoms with Gasteiger partial charge in [-0.2, -0.15) is 0 Å². The first-order valence-corrected chi connectivity index (χ1v) is 6.32. The molecule has 1 unspecified atom stereocenters. The van der Waals surface area contributed by atoms with Crippen LogP contribution >= 0.6 is 11.6 Å². The van der Waals surface area contributed by atoms with Crippen LogP contribution in [0.5, 0.6) is 5.75 Å². The number of benzene rings is 1. The molecule has 0 heterocycles. The Balaban J connectivity index is 2.46. The third kappa shape index (κ3) is 4.54. The SMILES string of the molecule is CCC(CN)CNCc1ccc(OC)cc1Cl. The maximum absolute atomic E-state index is 6.15. The Morgan fingerprint density at radius 1 is 1.47 bits per heavy atom. The van der Waals surface area contributed by atoms with E-state index in [1.807, 2.05) is 18.2 Å². The summed E-state index contributed by atoms with van der Waals surface area (Å²) < 4.78 is 5.11. The van der Waals surface area contributed by atoms with E-state index in [0.717, 1.165) is 42.4 Å². The van der Waals surface area contributed by atoms with Crippen molar-refractivity contribution in [2.75, 3.05) is 20.2 Å². The molecule has 3 N–H and O–H groups in total. The first-order chi connectivity index (χ1) is 8.21. The number of rotatable bonds is 7. The largest absolute Gasteiger partial charge is 0.497 e. The van der Waals surface area contributed by atoms with Crippen LogP contribution in [0.3, 0.4) is 0 Å². The molecule has 4 heteroatoms. The van der Waals surface area contributed by atoms with Crippen LogP contribution in [0.4, 0.5) is 0 Å². The Morgan fingerprint density at radius 3 is 2.76 bits per heavy atom. The second kappa shape index (κ2) is 7.54. The Bertz CT molecular complexity index is 340. The molecule has 0 spiro atoms. The van der Waals surface area contributed by atoms with Crippen LogP contribution < -0.4 is 15.8 Å². The number of nitrogens with one attached hydrogen (secondary N) is 1. The molecule has 17 heavy (non-hydrogen) atoms. The predicted octanol–water partition coefficient (Wildman–Crippen LogP) is 2.42. The van der Waals surface area contributed by atoms with Crippen molar-refractivity contribution in [3.63, 3.8) is 0 Å². The zero-order valence-corrected chi connectivity index (χ0v) is 11.3. The minimum atomic E-state index is 0.534. The first kappa shape index (κ1) is 14.3. The highest BCUT2D eigenvalue weighted by Gasteiger charge is 2.05. The van der Waals surface area contributed by atoms with E-state index in [1.54, 1.807) is 7.11 Å². The molecule has 1 aromatic carbocycles. The summed E-state index contributed by atoms with van der Waals surface area (Å²) in [6.45, 7) is 4.56. The maximum Gasteiger partial charge on any atom is 0.120 e. The van der Waals surface area contributed by atoms with E-state index in [2.05, 4.69) is 12.2 Å². The number of methoxy groups -OCH3 is 1. The lowest BCUT2D eigenvalue weighted by Crippen LogP contribution is -2.27. The molecular weight excluding hydrogens is 236 g/mol. The standard InChI is InChI=1S/C13H21ClN2O/c1-3-10(7-15)8-16-9-11-4-5-12(17-2)6-13(11)14/h4-6,10,16H,3,7-9,15H2,1-2H3. The molecule has 1 atom stereocenters. The molecule has 1 rings (SSSR count). The third-order valence-electron chi connectivity index (χ3n) is 2.92. The predicted molar refractivity (Wildman–Crippen MR) is 72.5 cm³/mol. The van der Waals surface area contributed by atoms with Crippen LogP contribution in [-0.2, 0) is 6.54 Å². The lowest BCUT2D eigenvalue weighted by atomic mass is 10.1. The summed E-state index contributed by atoms with van der Waals surface area (Å²) >= 11 is 6.15.